The summed E-state index contributed by atoms with van der Waals surface area (Å²) >= 11 is 7.53. The molecule has 1 N–H and O–H groups in total. The first kappa shape index (κ1) is 20.2. The second-order valence-electron chi connectivity index (χ2n) is 6.36. The number of carbonyl (C=O) groups is 1. The summed E-state index contributed by atoms with van der Waals surface area (Å²) in [7, 11) is 3.85. The van der Waals surface area contributed by atoms with Gasteiger partial charge in [0.2, 0.25) is 5.91 Å². The number of halogens is 1. The number of aromatic nitrogens is 4. The molecular formula is C19H21ClN6OS. The number of anilines is 1. The van der Waals surface area contributed by atoms with Crippen molar-refractivity contribution in [3.8, 4) is 5.69 Å². The quantitative estimate of drug-likeness (QED) is 0.596. The van der Waals surface area contributed by atoms with Crippen LogP contribution in [-0.2, 0) is 11.3 Å². The first-order valence-corrected chi connectivity index (χ1v) is 9.99. The van der Waals surface area contributed by atoms with E-state index in [1.807, 2.05) is 60.8 Å². The lowest BCUT2D eigenvalue weighted by Gasteiger charge is -2.16. The number of hydrogen-bond acceptors (Lipinski definition) is 6. The third kappa shape index (κ3) is 4.82. The van der Waals surface area contributed by atoms with Crippen LogP contribution in [0, 0.1) is 6.92 Å². The van der Waals surface area contributed by atoms with Crippen LogP contribution in [0.1, 0.15) is 11.1 Å². The van der Waals surface area contributed by atoms with E-state index in [-0.39, 0.29) is 11.7 Å². The number of rotatable bonds is 7. The minimum absolute atomic E-state index is 0.0879. The molecule has 146 valence electrons. The summed E-state index contributed by atoms with van der Waals surface area (Å²) in [6.07, 6.45) is 3.35. The average molecular weight is 417 g/mol. The number of hydrogen-bond donors (Lipinski definition) is 1. The normalized spacial score (nSPS) is 10.7. The summed E-state index contributed by atoms with van der Waals surface area (Å²) in [6, 6.07) is 9.55. The Hall–Kier alpha value is -2.58. The number of nitrogens with one attached hydrogen (secondary N) is 1. The molecule has 0 fully saturated rings. The van der Waals surface area contributed by atoms with E-state index in [2.05, 4.69) is 20.5 Å². The van der Waals surface area contributed by atoms with Crippen LogP contribution in [-0.4, -0.2) is 45.5 Å². The van der Waals surface area contributed by atoms with Gasteiger partial charge in [0.25, 0.3) is 0 Å². The molecule has 0 unspecified atom stereocenters. The van der Waals surface area contributed by atoms with Gasteiger partial charge in [-0.1, -0.05) is 35.5 Å². The molecule has 9 heteroatoms. The highest BCUT2D eigenvalue weighted by Gasteiger charge is 2.12. The third-order valence-corrected chi connectivity index (χ3v) is 5.40. The molecule has 2 aromatic heterocycles. The Bertz CT molecular complexity index is 975. The van der Waals surface area contributed by atoms with Crippen LogP contribution in [0.15, 0.2) is 48.0 Å². The predicted octanol–water partition coefficient (Wildman–Crippen LogP) is 3.10. The fourth-order valence-electron chi connectivity index (χ4n) is 2.58. The van der Waals surface area contributed by atoms with E-state index in [4.69, 9.17) is 11.6 Å². The molecule has 0 aliphatic heterocycles. The molecule has 3 rings (SSSR count). The molecule has 0 bridgehead atoms. The molecule has 7 nitrogen and oxygen atoms in total. The van der Waals surface area contributed by atoms with Crippen molar-refractivity contribution in [1.29, 1.82) is 0 Å². The van der Waals surface area contributed by atoms with Crippen molar-refractivity contribution < 1.29 is 4.79 Å². The summed E-state index contributed by atoms with van der Waals surface area (Å²) in [4.78, 5) is 18.6. The molecule has 0 aliphatic rings. The van der Waals surface area contributed by atoms with Crippen molar-refractivity contribution in [3.05, 3.63) is 59.0 Å². The molecule has 0 aliphatic carbocycles. The zero-order chi connectivity index (χ0) is 20.1. The largest absolute Gasteiger partial charge is 0.362 e. The number of thioether (sulfide) groups is 1. The Morgan fingerprint density at radius 3 is 2.89 bits per heavy atom. The second-order valence-corrected chi connectivity index (χ2v) is 7.71. The van der Waals surface area contributed by atoms with Gasteiger partial charge < -0.3 is 10.2 Å². The first-order chi connectivity index (χ1) is 13.5. The summed E-state index contributed by atoms with van der Waals surface area (Å²) in [5.74, 6) is 0.983. The van der Waals surface area contributed by atoms with Crippen LogP contribution in [0.5, 0.6) is 0 Å². The topological polar surface area (TPSA) is 75.9 Å². The van der Waals surface area contributed by atoms with Gasteiger partial charge in [0.15, 0.2) is 5.16 Å². The van der Waals surface area contributed by atoms with Gasteiger partial charge in [-0.05, 0) is 30.7 Å². The Kier molecular flexibility index (Phi) is 6.53. The zero-order valence-corrected chi connectivity index (χ0v) is 17.5. The predicted molar refractivity (Wildman–Crippen MR) is 112 cm³/mol. The highest BCUT2D eigenvalue weighted by atomic mass is 35.5. The summed E-state index contributed by atoms with van der Waals surface area (Å²) in [6.45, 7) is 2.36. The van der Waals surface area contributed by atoms with E-state index >= 15 is 0 Å². The molecule has 0 saturated carbocycles. The van der Waals surface area contributed by atoms with Crippen LogP contribution in [0.25, 0.3) is 5.69 Å². The van der Waals surface area contributed by atoms with Crippen molar-refractivity contribution in [1.82, 2.24) is 25.1 Å². The van der Waals surface area contributed by atoms with E-state index in [0.29, 0.717) is 16.7 Å². The van der Waals surface area contributed by atoms with Gasteiger partial charge in [0, 0.05) is 37.4 Å². The number of benzene rings is 1. The smallest absolute Gasteiger partial charge is 0.230 e. The molecule has 0 radical (unpaired) electrons. The summed E-state index contributed by atoms with van der Waals surface area (Å²) in [5, 5.41) is 12.3. The third-order valence-electron chi connectivity index (χ3n) is 4.05. The molecule has 0 saturated heterocycles. The number of amides is 1. The molecule has 28 heavy (non-hydrogen) atoms. The van der Waals surface area contributed by atoms with Crippen molar-refractivity contribution in [3.63, 3.8) is 0 Å². The Labute approximate surface area is 173 Å². The SMILES string of the molecule is Cc1ccc(-n2cnnc2SCC(=O)NCc2cccnc2N(C)C)cc1Cl. The van der Waals surface area contributed by atoms with Gasteiger partial charge in [0.1, 0.15) is 12.1 Å². The van der Waals surface area contributed by atoms with E-state index < -0.39 is 0 Å². The summed E-state index contributed by atoms with van der Waals surface area (Å²) in [5.41, 5.74) is 2.82. The maximum atomic E-state index is 12.3. The second kappa shape index (κ2) is 9.07. The molecule has 1 aromatic carbocycles. The van der Waals surface area contributed by atoms with Gasteiger partial charge in [-0.2, -0.15) is 0 Å². The van der Waals surface area contributed by atoms with Crippen LogP contribution < -0.4 is 10.2 Å². The molecular weight excluding hydrogens is 396 g/mol. The standard InChI is InChI=1S/C19H21ClN6OS/c1-13-6-7-15(9-16(13)20)26-12-23-24-19(26)28-11-17(27)22-10-14-5-4-8-21-18(14)25(2)3/h4-9,12H,10-11H2,1-3H3,(H,22,27). The van der Waals surface area contributed by atoms with Gasteiger partial charge in [-0.25, -0.2) is 4.98 Å². The van der Waals surface area contributed by atoms with E-state index in [9.17, 15) is 4.79 Å². The lowest BCUT2D eigenvalue weighted by molar-refractivity contribution is -0.118. The fraction of sp³-hybridized carbons (Fsp3) is 0.263. The zero-order valence-electron chi connectivity index (χ0n) is 15.9. The number of pyridine rings is 1. The van der Waals surface area contributed by atoms with Crippen molar-refractivity contribution in [2.24, 2.45) is 0 Å². The van der Waals surface area contributed by atoms with Crippen LogP contribution >= 0.6 is 23.4 Å². The molecule has 1 amide bonds. The van der Waals surface area contributed by atoms with E-state index in [1.165, 1.54) is 11.8 Å². The minimum atomic E-state index is -0.0879. The van der Waals surface area contributed by atoms with Gasteiger partial charge in [0.05, 0.1) is 11.4 Å². The molecule has 3 aromatic rings. The lowest BCUT2D eigenvalue weighted by atomic mass is 10.2. The molecule has 0 atom stereocenters. The number of nitrogens with zero attached hydrogens (tertiary/aromatic N) is 5. The van der Waals surface area contributed by atoms with E-state index in [1.54, 1.807) is 12.5 Å². The fourth-order valence-corrected chi connectivity index (χ4v) is 3.51. The Morgan fingerprint density at radius 2 is 2.14 bits per heavy atom. The first-order valence-electron chi connectivity index (χ1n) is 8.63. The van der Waals surface area contributed by atoms with E-state index in [0.717, 1.165) is 22.6 Å². The maximum Gasteiger partial charge on any atom is 0.230 e. The van der Waals surface area contributed by atoms with Gasteiger partial charge in [-0.3, -0.25) is 9.36 Å². The maximum absolute atomic E-state index is 12.3. The van der Waals surface area contributed by atoms with Crippen LogP contribution in [0.4, 0.5) is 5.82 Å². The Balaban J connectivity index is 1.60. The van der Waals surface area contributed by atoms with Crippen LogP contribution in [0.3, 0.4) is 0 Å². The van der Waals surface area contributed by atoms with Crippen molar-refractivity contribution in [2.75, 3.05) is 24.7 Å². The van der Waals surface area contributed by atoms with Gasteiger partial charge >= 0.3 is 0 Å². The summed E-state index contributed by atoms with van der Waals surface area (Å²) < 4.78 is 1.81. The average Bonchev–Trinajstić information content (AvgIpc) is 3.15. The van der Waals surface area contributed by atoms with Crippen molar-refractivity contribution in [2.45, 2.75) is 18.6 Å². The van der Waals surface area contributed by atoms with Crippen molar-refractivity contribution >= 4 is 35.1 Å². The molecule has 2 heterocycles. The van der Waals surface area contributed by atoms with Gasteiger partial charge in [-0.15, -0.1) is 10.2 Å². The number of carbonyl (C=O) groups excluding carboxylic acids is 1. The minimum Gasteiger partial charge on any atom is -0.362 e. The lowest BCUT2D eigenvalue weighted by Crippen LogP contribution is -2.26. The highest BCUT2D eigenvalue weighted by Crippen LogP contribution is 2.23. The Morgan fingerprint density at radius 1 is 1.32 bits per heavy atom. The molecule has 0 spiro atoms. The highest BCUT2D eigenvalue weighted by molar-refractivity contribution is 7.99. The number of aryl methyl sites for hydroxylation is 1. The monoisotopic (exact) mass is 416 g/mol. The van der Waals surface area contributed by atoms with Crippen LogP contribution in [0.2, 0.25) is 5.02 Å².